The summed E-state index contributed by atoms with van der Waals surface area (Å²) < 4.78 is 17.8. The van der Waals surface area contributed by atoms with Crippen LogP contribution in [0.4, 0.5) is 0 Å². The van der Waals surface area contributed by atoms with Crippen LogP contribution < -0.4 is 0 Å². The molecule has 1 aromatic rings. The molecule has 0 fully saturated rings. The second-order valence-corrected chi connectivity index (χ2v) is 4.08. The molecule has 0 aromatic carbocycles. The molecule has 1 heterocycles. The molecule has 0 radical (unpaired) electrons. The molecule has 9 heteroatoms. The van der Waals surface area contributed by atoms with Gasteiger partial charge >= 0.3 is 17.9 Å². The number of aromatic nitrogens is 2. The summed E-state index contributed by atoms with van der Waals surface area (Å²) in [5.41, 5.74) is -0.843. The van der Waals surface area contributed by atoms with Gasteiger partial charge in [0.2, 0.25) is 0 Å². The van der Waals surface area contributed by atoms with Crippen molar-refractivity contribution in [1.82, 2.24) is 9.59 Å². The Labute approximate surface area is 124 Å². The number of nitrogens with zero attached hydrogens (tertiary/aromatic N) is 2. The summed E-state index contributed by atoms with van der Waals surface area (Å²) in [7, 11) is 1.12. The Morgan fingerprint density at radius 3 is 2.05 bits per heavy atom. The zero-order chi connectivity index (χ0) is 15.8. The minimum atomic E-state index is -0.982. The highest BCUT2D eigenvalue weighted by atomic mass is 32.1. The molecule has 114 valence electrons. The standard InChI is InChI=1S/C12H14N2O6S/c1-4-19-11(16)9(12(17)20-5-2)8(10(15)18-3)7-6-21-14-13-7/h6H,4-5H2,1-3H3. The Balaban J connectivity index is 3.47. The highest BCUT2D eigenvalue weighted by Gasteiger charge is 2.32. The van der Waals surface area contributed by atoms with E-state index in [0.717, 1.165) is 18.6 Å². The quantitative estimate of drug-likeness (QED) is 0.247. The Morgan fingerprint density at radius 2 is 1.67 bits per heavy atom. The van der Waals surface area contributed by atoms with Gasteiger partial charge in [0.15, 0.2) is 5.57 Å². The van der Waals surface area contributed by atoms with E-state index in [1.807, 2.05) is 0 Å². The van der Waals surface area contributed by atoms with Crippen molar-refractivity contribution in [3.63, 3.8) is 0 Å². The summed E-state index contributed by atoms with van der Waals surface area (Å²) in [5.74, 6) is -2.87. The second kappa shape index (κ2) is 8.10. The maximum atomic E-state index is 12.0. The van der Waals surface area contributed by atoms with Gasteiger partial charge in [-0.05, 0) is 25.4 Å². The fourth-order valence-corrected chi connectivity index (χ4v) is 1.85. The van der Waals surface area contributed by atoms with Gasteiger partial charge in [-0.1, -0.05) is 4.49 Å². The number of carbonyl (C=O) groups excluding carboxylic acids is 3. The molecule has 0 bridgehead atoms. The fourth-order valence-electron chi connectivity index (χ4n) is 1.40. The Morgan fingerprint density at radius 1 is 1.10 bits per heavy atom. The van der Waals surface area contributed by atoms with Crippen LogP contribution in [-0.4, -0.2) is 47.8 Å². The van der Waals surface area contributed by atoms with Crippen LogP contribution >= 0.6 is 11.5 Å². The molecule has 0 spiro atoms. The average Bonchev–Trinajstić information content (AvgIpc) is 2.97. The van der Waals surface area contributed by atoms with Crippen molar-refractivity contribution >= 4 is 35.0 Å². The lowest BCUT2D eigenvalue weighted by molar-refractivity contribution is -0.147. The van der Waals surface area contributed by atoms with Crippen LogP contribution in [0.5, 0.6) is 0 Å². The minimum absolute atomic E-state index is 0.0332. The molecule has 0 unspecified atom stereocenters. The van der Waals surface area contributed by atoms with Crippen LogP contribution in [0.2, 0.25) is 0 Å². The van der Waals surface area contributed by atoms with Crippen LogP contribution in [0.25, 0.3) is 5.57 Å². The number of ether oxygens (including phenoxy) is 3. The van der Waals surface area contributed by atoms with E-state index in [9.17, 15) is 14.4 Å². The molecule has 1 rings (SSSR count). The van der Waals surface area contributed by atoms with E-state index in [0.29, 0.717) is 0 Å². The number of esters is 3. The number of hydrogen-bond donors (Lipinski definition) is 0. The molecule has 0 N–H and O–H groups in total. The number of rotatable bonds is 6. The first kappa shape index (κ1) is 16.8. The predicted molar refractivity (Wildman–Crippen MR) is 72.1 cm³/mol. The molecule has 21 heavy (non-hydrogen) atoms. The van der Waals surface area contributed by atoms with Gasteiger partial charge in [-0.25, -0.2) is 14.4 Å². The molecule has 0 saturated heterocycles. The van der Waals surface area contributed by atoms with Crippen LogP contribution in [0.15, 0.2) is 11.0 Å². The van der Waals surface area contributed by atoms with E-state index in [1.165, 1.54) is 5.38 Å². The Kier molecular flexibility index (Phi) is 6.47. The lowest BCUT2D eigenvalue weighted by atomic mass is 10.1. The van der Waals surface area contributed by atoms with E-state index in [2.05, 4.69) is 14.3 Å². The Hall–Kier alpha value is -2.29. The Bertz CT molecular complexity index is 532. The van der Waals surface area contributed by atoms with Crippen molar-refractivity contribution in [3.05, 3.63) is 16.6 Å². The van der Waals surface area contributed by atoms with Gasteiger partial charge in [0.1, 0.15) is 11.3 Å². The van der Waals surface area contributed by atoms with Crippen molar-refractivity contribution in [2.75, 3.05) is 20.3 Å². The summed E-state index contributed by atoms with van der Waals surface area (Å²) in [4.78, 5) is 35.9. The van der Waals surface area contributed by atoms with Crippen molar-refractivity contribution in [2.24, 2.45) is 0 Å². The maximum Gasteiger partial charge on any atom is 0.346 e. The largest absolute Gasteiger partial charge is 0.465 e. The van der Waals surface area contributed by atoms with Gasteiger partial charge in [-0.2, -0.15) is 0 Å². The normalized spacial score (nSPS) is 9.67. The van der Waals surface area contributed by atoms with Gasteiger partial charge < -0.3 is 14.2 Å². The number of methoxy groups -OCH3 is 1. The third-order valence-electron chi connectivity index (χ3n) is 2.21. The smallest absolute Gasteiger partial charge is 0.346 e. The molecule has 0 aliphatic carbocycles. The van der Waals surface area contributed by atoms with Crippen molar-refractivity contribution in [3.8, 4) is 0 Å². The topological polar surface area (TPSA) is 105 Å². The molecule has 1 aromatic heterocycles. The van der Waals surface area contributed by atoms with Crippen molar-refractivity contribution < 1.29 is 28.6 Å². The average molecular weight is 314 g/mol. The predicted octanol–water partition coefficient (Wildman–Crippen LogP) is 0.591. The van der Waals surface area contributed by atoms with E-state index in [-0.39, 0.29) is 24.5 Å². The van der Waals surface area contributed by atoms with E-state index >= 15 is 0 Å². The zero-order valence-electron chi connectivity index (χ0n) is 11.7. The van der Waals surface area contributed by atoms with Gasteiger partial charge in [-0.15, -0.1) is 5.10 Å². The fraction of sp³-hybridized carbons (Fsp3) is 0.417. The minimum Gasteiger partial charge on any atom is -0.465 e. The monoisotopic (exact) mass is 314 g/mol. The maximum absolute atomic E-state index is 12.0. The molecular weight excluding hydrogens is 300 g/mol. The summed E-state index contributed by atoms with van der Waals surface area (Å²) in [6.07, 6.45) is 0. The van der Waals surface area contributed by atoms with E-state index in [1.54, 1.807) is 13.8 Å². The zero-order valence-corrected chi connectivity index (χ0v) is 12.6. The van der Waals surface area contributed by atoms with Crippen molar-refractivity contribution in [1.29, 1.82) is 0 Å². The number of hydrogen-bond acceptors (Lipinski definition) is 9. The third kappa shape index (κ3) is 4.09. The van der Waals surface area contributed by atoms with E-state index in [4.69, 9.17) is 9.47 Å². The van der Waals surface area contributed by atoms with Gasteiger partial charge in [0.25, 0.3) is 0 Å². The summed E-state index contributed by atoms with van der Waals surface area (Å²) in [5, 5.41) is 5.09. The van der Waals surface area contributed by atoms with Crippen LogP contribution in [-0.2, 0) is 28.6 Å². The highest BCUT2D eigenvalue weighted by molar-refractivity contribution is 7.03. The van der Waals surface area contributed by atoms with Gasteiger partial charge in [0, 0.05) is 5.38 Å². The summed E-state index contributed by atoms with van der Waals surface area (Å²) in [6, 6.07) is 0. The SMILES string of the molecule is CCOC(=O)C(C(=O)OCC)=C(C(=O)OC)c1csnn1. The first-order chi connectivity index (χ1) is 10.1. The lowest BCUT2D eigenvalue weighted by Crippen LogP contribution is -2.23. The lowest BCUT2D eigenvalue weighted by Gasteiger charge is -2.10. The molecule has 0 saturated carbocycles. The molecular formula is C12H14N2O6S. The molecule has 8 nitrogen and oxygen atoms in total. The van der Waals surface area contributed by atoms with Crippen molar-refractivity contribution in [2.45, 2.75) is 13.8 Å². The van der Waals surface area contributed by atoms with Crippen LogP contribution in [0, 0.1) is 0 Å². The summed E-state index contributed by atoms with van der Waals surface area (Å²) >= 11 is 0.956. The molecule has 0 amide bonds. The highest BCUT2D eigenvalue weighted by Crippen LogP contribution is 2.22. The molecule has 0 atom stereocenters. The molecule has 0 aliphatic rings. The van der Waals surface area contributed by atoms with Gasteiger partial charge in [0.05, 0.1) is 20.3 Å². The number of carbonyl (C=O) groups is 3. The third-order valence-corrected chi connectivity index (χ3v) is 2.72. The first-order valence-electron chi connectivity index (χ1n) is 6.01. The van der Waals surface area contributed by atoms with E-state index < -0.39 is 23.5 Å². The summed E-state index contributed by atoms with van der Waals surface area (Å²) in [6.45, 7) is 3.21. The van der Waals surface area contributed by atoms with Crippen LogP contribution in [0.3, 0.4) is 0 Å². The van der Waals surface area contributed by atoms with Gasteiger partial charge in [-0.3, -0.25) is 0 Å². The van der Waals surface area contributed by atoms with Crippen LogP contribution in [0.1, 0.15) is 19.5 Å². The molecule has 0 aliphatic heterocycles. The second-order valence-electron chi connectivity index (χ2n) is 3.47. The first-order valence-corrected chi connectivity index (χ1v) is 6.84.